The first-order valence-corrected chi connectivity index (χ1v) is 9.08. The molecule has 1 aromatic heterocycles. The van der Waals surface area contributed by atoms with Crippen molar-refractivity contribution in [3.8, 4) is 0 Å². The number of carbonyl (C=O) groups excluding carboxylic acids is 1. The van der Waals surface area contributed by atoms with E-state index in [9.17, 15) is 18.0 Å². The smallest absolute Gasteiger partial charge is 0.326 e. The Labute approximate surface area is 139 Å². The lowest BCUT2D eigenvalue weighted by Gasteiger charge is -2.18. The van der Waals surface area contributed by atoms with Gasteiger partial charge in [-0.05, 0) is 33.1 Å². The molecule has 0 saturated heterocycles. The number of hydrogen-bond acceptors (Lipinski definition) is 6. The van der Waals surface area contributed by atoms with Crippen molar-refractivity contribution < 1.29 is 27.6 Å². The van der Waals surface area contributed by atoms with Gasteiger partial charge in [-0.15, -0.1) is 0 Å². The maximum atomic E-state index is 12.3. The van der Waals surface area contributed by atoms with Gasteiger partial charge in [0.15, 0.2) is 5.76 Å². The SMILES string of the molecule is Cc1noc(C)c1S(=O)(=O)NC(C)C(=O)NC(CC1CC1)C(=O)O. The number of carbonyl (C=O) groups is 2. The molecule has 2 unspecified atom stereocenters. The Balaban J connectivity index is 2.03. The first kappa shape index (κ1) is 18.4. The van der Waals surface area contributed by atoms with Gasteiger partial charge in [0.25, 0.3) is 0 Å². The summed E-state index contributed by atoms with van der Waals surface area (Å²) in [4.78, 5) is 23.2. The zero-order valence-corrected chi connectivity index (χ0v) is 14.5. The first-order valence-electron chi connectivity index (χ1n) is 7.60. The Morgan fingerprint density at radius 1 is 1.38 bits per heavy atom. The van der Waals surface area contributed by atoms with Gasteiger partial charge in [0, 0.05) is 0 Å². The fraction of sp³-hybridized carbons (Fsp3) is 0.643. The largest absolute Gasteiger partial charge is 0.480 e. The zero-order valence-electron chi connectivity index (χ0n) is 13.7. The molecule has 1 aromatic rings. The third kappa shape index (κ3) is 4.32. The molecule has 2 rings (SSSR count). The monoisotopic (exact) mass is 359 g/mol. The molecule has 1 aliphatic carbocycles. The van der Waals surface area contributed by atoms with Crippen LogP contribution in [0.2, 0.25) is 0 Å². The summed E-state index contributed by atoms with van der Waals surface area (Å²) in [5.74, 6) is -1.40. The number of nitrogens with one attached hydrogen (secondary N) is 2. The van der Waals surface area contributed by atoms with E-state index in [-0.39, 0.29) is 16.3 Å². The second kappa shape index (κ2) is 6.89. The Morgan fingerprint density at radius 3 is 2.46 bits per heavy atom. The van der Waals surface area contributed by atoms with Crippen LogP contribution in [0.3, 0.4) is 0 Å². The molecule has 1 heterocycles. The molecular formula is C14H21N3O6S. The summed E-state index contributed by atoms with van der Waals surface area (Å²) in [5, 5.41) is 15.1. The number of aromatic nitrogens is 1. The normalized spacial score (nSPS) is 17.3. The van der Waals surface area contributed by atoms with E-state index in [0.29, 0.717) is 12.3 Å². The maximum Gasteiger partial charge on any atom is 0.326 e. The average Bonchev–Trinajstić information content (AvgIpc) is 3.21. The predicted octanol–water partition coefficient (Wildman–Crippen LogP) is 0.328. The second-order valence-electron chi connectivity index (χ2n) is 6.07. The van der Waals surface area contributed by atoms with Gasteiger partial charge in [-0.25, -0.2) is 13.2 Å². The lowest BCUT2D eigenvalue weighted by atomic mass is 10.1. The number of hydrogen-bond donors (Lipinski definition) is 3. The van der Waals surface area contributed by atoms with Crippen LogP contribution < -0.4 is 10.0 Å². The maximum absolute atomic E-state index is 12.3. The van der Waals surface area contributed by atoms with E-state index in [0.717, 1.165) is 12.8 Å². The number of nitrogens with zero attached hydrogens (tertiary/aromatic N) is 1. The van der Waals surface area contributed by atoms with Crippen LogP contribution in [-0.4, -0.2) is 42.6 Å². The molecule has 0 aromatic carbocycles. The van der Waals surface area contributed by atoms with Gasteiger partial charge in [-0.2, -0.15) is 4.72 Å². The van der Waals surface area contributed by atoms with Crippen LogP contribution in [-0.2, 0) is 19.6 Å². The number of amides is 1. The minimum Gasteiger partial charge on any atom is -0.480 e. The van der Waals surface area contributed by atoms with Crippen LogP contribution in [0.4, 0.5) is 0 Å². The van der Waals surface area contributed by atoms with Crippen molar-refractivity contribution >= 4 is 21.9 Å². The molecule has 9 nitrogen and oxygen atoms in total. The van der Waals surface area contributed by atoms with Crippen LogP contribution in [0.25, 0.3) is 0 Å². The molecule has 24 heavy (non-hydrogen) atoms. The van der Waals surface area contributed by atoms with Crippen LogP contribution >= 0.6 is 0 Å². The highest BCUT2D eigenvalue weighted by Gasteiger charge is 2.33. The number of sulfonamides is 1. The average molecular weight is 359 g/mol. The molecule has 1 amide bonds. The van der Waals surface area contributed by atoms with Crippen LogP contribution in [0, 0.1) is 19.8 Å². The lowest BCUT2D eigenvalue weighted by molar-refractivity contribution is -0.142. The standard InChI is InChI=1S/C14H21N3O6S/c1-7-12(9(3)23-16-7)24(21,22)17-8(2)13(18)15-11(14(19)20)6-10-4-5-10/h8,10-11,17H,4-6H2,1-3H3,(H,15,18)(H,19,20). The quantitative estimate of drug-likeness (QED) is 0.608. The summed E-state index contributed by atoms with van der Waals surface area (Å²) < 4.78 is 31.7. The number of aliphatic carboxylic acids is 1. The fourth-order valence-electron chi connectivity index (χ4n) is 2.41. The molecule has 0 spiro atoms. The Bertz CT molecular complexity index is 718. The lowest BCUT2D eigenvalue weighted by Crippen LogP contribution is -2.50. The number of aryl methyl sites for hydroxylation is 2. The Kier molecular flexibility index (Phi) is 5.29. The van der Waals surface area contributed by atoms with Crippen molar-refractivity contribution in [3.63, 3.8) is 0 Å². The third-order valence-corrected chi connectivity index (χ3v) is 5.63. The van der Waals surface area contributed by atoms with Crippen LogP contribution in [0.15, 0.2) is 9.42 Å². The summed E-state index contributed by atoms with van der Waals surface area (Å²) in [6.45, 7) is 4.28. The highest BCUT2D eigenvalue weighted by atomic mass is 32.2. The summed E-state index contributed by atoms with van der Waals surface area (Å²) >= 11 is 0. The minimum atomic E-state index is -4.00. The van der Waals surface area contributed by atoms with Gasteiger partial charge in [-0.1, -0.05) is 18.0 Å². The molecule has 1 aliphatic rings. The van der Waals surface area contributed by atoms with E-state index in [1.807, 2.05) is 0 Å². The molecule has 134 valence electrons. The van der Waals surface area contributed by atoms with Crippen molar-refractivity contribution in [2.45, 2.75) is 57.0 Å². The molecule has 0 radical (unpaired) electrons. The summed E-state index contributed by atoms with van der Waals surface area (Å²) in [6.07, 6.45) is 2.26. The van der Waals surface area contributed by atoms with Gasteiger partial charge in [0.2, 0.25) is 15.9 Å². The van der Waals surface area contributed by atoms with Gasteiger partial charge in [-0.3, -0.25) is 4.79 Å². The second-order valence-corrected chi connectivity index (χ2v) is 7.73. The Hall–Kier alpha value is -1.94. The predicted molar refractivity (Wildman–Crippen MR) is 82.7 cm³/mol. The highest BCUT2D eigenvalue weighted by Crippen LogP contribution is 2.33. The minimum absolute atomic E-state index is 0.116. The summed E-state index contributed by atoms with van der Waals surface area (Å²) in [6, 6.07) is -2.15. The van der Waals surface area contributed by atoms with Crippen LogP contribution in [0.5, 0.6) is 0 Å². The van der Waals surface area contributed by atoms with E-state index >= 15 is 0 Å². The molecule has 1 fully saturated rings. The topological polar surface area (TPSA) is 139 Å². The number of carboxylic acid groups (broad SMARTS) is 1. The van der Waals surface area contributed by atoms with Gasteiger partial charge in [0.05, 0.1) is 6.04 Å². The summed E-state index contributed by atoms with van der Waals surface area (Å²) in [5.41, 5.74) is 0.185. The van der Waals surface area contributed by atoms with Crippen molar-refractivity contribution in [2.75, 3.05) is 0 Å². The van der Waals surface area contributed by atoms with E-state index in [1.165, 1.54) is 20.8 Å². The fourth-order valence-corrected chi connectivity index (χ4v) is 3.94. The highest BCUT2D eigenvalue weighted by molar-refractivity contribution is 7.89. The van der Waals surface area contributed by atoms with Gasteiger partial charge < -0.3 is 14.9 Å². The van der Waals surface area contributed by atoms with Crippen molar-refractivity contribution in [1.82, 2.24) is 15.2 Å². The summed E-state index contributed by atoms with van der Waals surface area (Å²) in [7, 11) is -4.00. The molecule has 3 N–H and O–H groups in total. The number of carboxylic acids is 1. The van der Waals surface area contributed by atoms with Crippen molar-refractivity contribution in [2.24, 2.45) is 5.92 Å². The zero-order chi connectivity index (χ0) is 18.1. The van der Waals surface area contributed by atoms with Crippen LogP contribution in [0.1, 0.15) is 37.6 Å². The molecule has 1 saturated carbocycles. The van der Waals surface area contributed by atoms with Gasteiger partial charge >= 0.3 is 5.97 Å². The Morgan fingerprint density at radius 2 is 2.00 bits per heavy atom. The van der Waals surface area contributed by atoms with Crippen molar-refractivity contribution in [1.29, 1.82) is 0 Å². The number of rotatable bonds is 8. The molecule has 0 bridgehead atoms. The molecular weight excluding hydrogens is 338 g/mol. The molecule has 0 aliphatic heterocycles. The van der Waals surface area contributed by atoms with E-state index in [4.69, 9.17) is 9.63 Å². The van der Waals surface area contributed by atoms with Crippen molar-refractivity contribution in [3.05, 3.63) is 11.5 Å². The van der Waals surface area contributed by atoms with Gasteiger partial charge in [0.1, 0.15) is 16.6 Å². The molecule has 10 heteroatoms. The van der Waals surface area contributed by atoms with E-state index in [1.54, 1.807) is 0 Å². The third-order valence-electron chi connectivity index (χ3n) is 3.84. The van der Waals surface area contributed by atoms with E-state index in [2.05, 4.69) is 15.2 Å². The first-order chi connectivity index (χ1) is 11.1. The van der Waals surface area contributed by atoms with E-state index < -0.39 is 34.0 Å². The molecule has 2 atom stereocenters.